The topological polar surface area (TPSA) is 134 Å². The molecule has 0 aromatic heterocycles. The molecular formula is C10H24O8P2. The van der Waals surface area contributed by atoms with Crippen molar-refractivity contribution in [3.8, 4) is 0 Å². The van der Waals surface area contributed by atoms with Crippen molar-refractivity contribution in [1.82, 2.24) is 0 Å². The molecule has 0 aliphatic rings. The molecule has 0 rings (SSSR count). The fourth-order valence-electron chi connectivity index (χ4n) is 1.85. The Morgan fingerprint density at radius 2 is 1.85 bits per heavy atom. The molecule has 8 nitrogen and oxygen atoms in total. The SMILES string of the molecule is CCCCCC(OP(=O)(O)O)C(CO)(CO)CO[PH2]=O. The normalized spacial score (nSPS) is 15.1. The van der Waals surface area contributed by atoms with Crippen LogP contribution in [0.3, 0.4) is 0 Å². The lowest BCUT2D eigenvalue weighted by molar-refractivity contribution is -0.0754. The maximum Gasteiger partial charge on any atom is 0.469 e. The van der Waals surface area contributed by atoms with Gasteiger partial charge in [0.1, 0.15) is 0 Å². The quantitative estimate of drug-likeness (QED) is 0.303. The van der Waals surface area contributed by atoms with Gasteiger partial charge in [-0.15, -0.1) is 0 Å². The van der Waals surface area contributed by atoms with Gasteiger partial charge in [0.25, 0.3) is 0 Å². The maximum absolute atomic E-state index is 11.0. The van der Waals surface area contributed by atoms with E-state index in [0.717, 1.165) is 12.8 Å². The highest BCUT2D eigenvalue weighted by Crippen LogP contribution is 2.43. The van der Waals surface area contributed by atoms with Crippen LogP contribution in [-0.2, 0) is 18.2 Å². The highest BCUT2D eigenvalue weighted by molar-refractivity contribution is 7.46. The fourth-order valence-corrected chi connectivity index (χ4v) is 2.91. The predicted octanol–water partition coefficient (Wildman–Crippen LogP) is 0.703. The number of unbranched alkanes of at least 4 members (excludes halogenated alkanes) is 2. The van der Waals surface area contributed by atoms with Gasteiger partial charge < -0.3 is 24.5 Å². The average Bonchev–Trinajstić information content (AvgIpc) is 2.39. The fraction of sp³-hybridized carbons (Fsp3) is 1.00. The van der Waals surface area contributed by atoms with Crippen LogP contribution < -0.4 is 0 Å². The predicted molar refractivity (Wildman–Crippen MR) is 74.0 cm³/mol. The first-order valence-electron chi connectivity index (χ1n) is 6.36. The molecule has 2 unspecified atom stereocenters. The van der Waals surface area contributed by atoms with Crippen LogP contribution in [0.5, 0.6) is 0 Å². The molecule has 4 N–H and O–H groups in total. The number of hydrogen-bond acceptors (Lipinski definition) is 6. The highest BCUT2D eigenvalue weighted by Gasteiger charge is 2.42. The lowest BCUT2D eigenvalue weighted by Crippen LogP contribution is -2.46. The first-order chi connectivity index (χ1) is 9.35. The molecule has 0 aromatic rings. The molecule has 0 radical (unpaired) electrons. The molecular weight excluding hydrogens is 310 g/mol. The molecule has 0 heterocycles. The van der Waals surface area contributed by atoms with E-state index in [0.29, 0.717) is 6.42 Å². The molecule has 0 saturated carbocycles. The van der Waals surface area contributed by atoms with Gasteiger partial charge >= 0.3 is 7.82 Å². The molecule has 0 fully saturated rings. The summed E-state index contributed by atoms with van der Waals surface area (Å²) >= 11 is 0. The number of rotatable bonds is 12. The standard InChI is InChI=1S/C10H24O8P2/c1-2-3-4-5-9(18-20(14,15)16)10(6-11,7-12)8-17-19-13/h9,11-12H,2-8,19H2,1H3,(H2,14,15,16). The van der Waals surface area contributed by atoms with E-state index in [9.17, 15) is 19.3 Å². The van der Waals surface area contributed by atoms with Crippen LogP contribution in [0.25, 0.3) is 0 Å². The van der Waals surface area contributed by atoms with Crippen molar-refractivity contribution in [3.63, 3.8) is 0 Å². The monoisotopic (exact) mass is 334 g/mol. The first kappa shape index (κ1) is 20.2. The van der Waals surface area contributed by atoms with E-state index in [2.05, 4.69) is 0 Å². The van der Waals surface area contributed by atoms with Crippen LogP contribution in [0.2, 0.25) is 0 Å². The second kappa shape index (κ2) is 10.0. The van der Waals surface area contributed by atoms with Crippen molar-refractivity contribution in [3.05, 3.63) is 0 Å². The van der Waals surface area contributed by atoms with Gasteiger partial charge in [0.15, 0.2) is 8.69 Å². The van der Waals surface area contributed by atoms with Gasteiger partial charge in [-0.1, -0.05) is 26.2 Å². The van der Waals surface area contributed by atoms with Crippen LogP contribution in [-0.4, -0.2) is 45.9 Å². The third-order valence-corrected chi connectivity index (χ3v) is 3.92. The Morgan fingerprint density at radius 1 is 1.25 bits per heavy atom. The van der Waals surface area contributed by atoms with Gasteiger partial charge in [-0.3, -0.25) is 9.09 Å². The molecule has 20 heavy (non-hydrogen) atoms. The van der Waals surface area contributed by atoms with Gasteiger partial charge in [-0.2, -0.15) is 0 Å². The van der Waals surface area contributed by atoms with Gasteiger partial charge in [-0.05, 0) is 6.42 Å². The zero-order valence-electron chi connectivity index (χ0n) is 11.5. The van der Waals surface area contributed by atoms with E-state index in [1.165, 1.54) is 0 Å². The van der Waals surface area contributed by atoms with E-state index in [1.807, 2.05) is 6.92 Å². The third-order valence-electron chi connectivity index (χ3n) is 3.09. The molecule has 10 heteroatoms. The smallest absolute Gasteiger partial charge is 0.396 e. The number of aliphatic hydroxyl groups excluding tert-OH is 2. The minimum atomic E-state index is -4.77. The summed E-state index contributed by atoms with van der Waals surface area (Å²) in [6, 6.07) is 0. The van der Waals surface area contributed by atoms with Gasteiger partial charge in [0, 0.05) is 0 Å². The molecule has 0 bridgehead atoms. The van der Waals surface area contributed by atoms with E-state index < -0.39 is 41.2 Å². The lowest BCUT2D eigenvalue weighted by Gasteiger charge is -2.36. The Hall–Kier alpha value is 0.220. The van der Waals surface area contributed by atoms with Crippen molar-refractivity contribution in [2.45, 2.75) is 38.7 Å². The number of phosphoric ester groups is 1. The van der Waals surface area contributed by atoms with Gasteiger partial charge in [0.05, 0.1) is 31.3 Å². The van der Waals surface area contributed by atoms with Crippen LogP contribution in [0.1, 0.15) is 32.6 Å². The molecule has 0 amide bonds. The largest absolute Gasteiger partial charge is 0.469 e. The molecule has 0 aliphatic carbocycles. The summed E-state index contributed by atoms with van der Waals surface area (Å²) in [5, 5.41) is 18.9. The summed E-state index contributed by atoms with van der Waals surface area (Å²) < 4.78 is 31.0. The molecule has 0 aliphatic heterocycles. The molecule has 0 spiro atoms. The number of phosphoric acid groups is 1. The Labute approximate surface area is 119 Å². The summed E-state index contributed by atoms with van der Waals surface area (Å²) in [4.78, 5) is 17.9. The van der Waals surface area contributed by atoms with E-state index in [1.54, 1.807) is 0 Å². The molecule has 0 saturated heterocycles. The van der Waals surface area contributed by atoms with Crippen molar-refractivity contribution in [1.29, 1.82) is 0 Å². The zero-order chi connectivity index (χ0) is 15.6. The lowest BCUT2D eigenvalue weighted by atomic mass is 9.82. The Balaban J connectivity index is 5.06. The summed E-state index contributed by atoms with van der Waals surface area (Å²) in [5.41, 5.74) is -1.40. The van der Waals surface area contributed by atoms with Crippen molar-refractivity contribution < 1.29 is 38.2 Å². The van der Waals surface area contributed by atoms with Crippen molar-refractivity contribution in [2.75, 3.05) is 19.8 Å². The summed E-state index contributed by atoms with van der Waals surface area (Å²) in [7, 11) is -6.33. The minimum absolute atomic E-state index is 0.248. The van der Waals surface area contributed by atoms with Gasteiger partial charge in [0.2, 0.25) is 0 Å². The second-order valence-electron chi connectivity index (χ2n) is 4.67. The molecule has 2 atom stereocenters. The summed E-state index contributed by atoms with van der Waals surface area (Å²) in [6.07, 6.45) is 1.50. The van der Waals surface area contributed by atoms with E-state index >= 15 is 0 Å². The highest BCUT2D eigenvalue weighted by atomic mass is 31.2. The van der Waals surface area contributed by atoms with Crippen molar-refractivity contribution in [2.24, 2.45) is 5.41 Å². The van der Waals surface area contributed by atoms with E-state index in [-0.39, 0.29) is 13.0 Å². The number of hydrogen-bond donors (Lipinski definition) is 4. The Kier molecular flexibility index (Phi) is 10.1. The molecule has 122 valence electrons. The second-order valence-corrected chi connectivity index (χ2v) is 6.38. The van der Waals surface area contributed by atoms with Crippen LogP contribution in [0.15, 0.2) is 0 Å². The zero-order valence-corrected chi connectivity index (χ0v) is 13.5. The number of aliphatic hydroxyl groups is 2. The third kappa shape index (κ3) is 7.29. The Morgan fingerprint density at radius 3 is 2.25 bits per heavy atom. The van der Waals surface area contributed by atoms with Crippen LogP contribution in [0, 0.1) is 5.41 Å². The summed E-state index contributed by atoms with van der Waals surface area (Å²) in [5.74, 6) is 0. The minimum Gasteiger partial charge on any atom is -0.396 e. The first-order valence-corrected chi connectivity index (χ1v) is 8.83. The summed E-state index contributed by atoms with van der Waals surface area (Å²) in [6.45, 7) is 0.475. The Bertz CT molecular complexity index is 314. The van der Waals surface area contributed by atoms with Crippen LogP contribution >= 0.6 is 16.5 Å². The maximum atomic E-state index is 11.0. The van der Waals surface area contributed by atoms with Crippen molar-refractivity contribution >= 4 is 16.5 Å². The van der Waals surface area contributed by atoms with Crippen LogP contribution in [0.4, 0.5) is 0 Å². The average molecular weight is 334 g/mol. The van der Waals surface area contributed by atoms with E-state index in [4.69, 9.17) is 18.8 Å². The van der Waals surface area contributed by atoms with Gasteiger partial charge in [-0.25, -0.2) is 4.57 Å². The molecule has 0 aromatic carbocycles.